The van der Waals surface area contributed by atoms with E-state index in [4.69, 9.17) is 16.3 Å². The summed E-state index contributed by atoms with van der Waals surface area (Å²) in [5, 5.41) is 9.77. The van der Waals surface area contributed by atoms with Gasteiger partial charge >= 0.3 is 5.97 Å². The Hall–Kier alpha value is -1.26. The number of hydrogen-bond acceptors (Lipinski definition) is 4. The minimum atomic E-state index is -0.573. The molecule has 1 atom stereocenters. The highest BCUT2D eigenvalue weighted by atomic mass is 35.5. The molecule has 0 heterocycles. The van der Waals surface area contributed by atoms with Gasteiger partial charge in [0.1, 0.15) is 5.75 Å². The van der Waals surface area contributed by atoms with Gasteiger partial charge in [-0.3, -0.25) is 4.79 Å². The summed E-state index contributed by atoms with van der Waals surface area (Å²) in [4.78, 5) is 10.9. The maximum atomic E-state index is 10.9. The smallest absolute Gasteiger partial charge is 0.308 e. The standard InChI is InChI=1S/C12H15ClO4/c1-8(14)9-3-4-11(10(13)7-9)17-6-5-12(15)16-2/h3-4,7-8,14H,5-6H2,1-2H3/t8-/m1/s1. The summed E-state index contributed by atoms with van der Waals surface area (Å²) in [6, 6.07) is 5.03. The topological polar surface area (TPSA) is 55.8 Å². The first-order valence-electron chi connectivity index (χ1n) is 5.21. The molecule has 0 fully saturated rings. The van der Waals surface area contributed by atoms with Crippen molar-refractivity contribution in [3.8, 4) is 5.75 Å². The zero-order chi connectivity index (χ0) is 12.8. The SMILES string of the molecule is COC(=O)CCOc1ccc([C@@H](C)O)cc1Cl. The first-order chi connectivity index (χ1) is 8.04. The van der Waals surface area contributed by atoms with E-state index >= 15 is 0 Å². The molecule has 94 valence electrons. The molecule has 0 bridgehead atoms. The Morgan fingerprint density at radius 2 is 2.24 bits per heavy atom. The Morgan fingerprint density at radius 3 is 2.76 bits per heavy atom. The third kappa shape index (κ3) is 4.24. The van der Waals surface area contributed by atoms with Gasteiger partial charge in [-0.1, -0.05) is 17.7 Å². The number of esters is 1. The third-order valence-corrected chi connectivity index (χ3v) is 2.53. The van der Waals surface area contributed by atoms with E-state index in [1.165, 1.54) is 7.11 Å². The number of ether oxygens (including phenoxy) is 2. The zero-order valence-electron chi connectivity index (χ0n) is 9.77. The molecule has 5 heteroatoms. The van der Waals surface area contributed by atoms with Crippen LogP contribution in [0, 0.1) is 0 Å². The Morgan fingerprint density at radius 1 is 1.53 bits per heavy atom. The zero-order valence-corrected chi connectivity index (χ0v) is 10.5. The third-order valence-electron chi connectivity index (χ3n) is 2.23. The monoisotopic (exact) mass is 258 g/mol. The summed E-state index contributed by atoms with van der Waals surface area (Å²) in [7, 11) is 1.33. The van der Waals surface area contributed by atoms with Crippen LogP contribution in [0.2, 0.25) is 5.02 Å². The van der Waals surface area contributed by atoms with Crippen LogP contribution in [0.4, 0.5) is 0 Å². The largest absolute Gasteiger partial charge is 0.491 e. The molecular formula is C12H15ClO4. The number of methoxy groups -OCH3 is 1. The lowest BCUT2D eigenvalue weighted by molar-refractivity contribution is -0.141. The Balaban J connectivity index is 2.57. The first kappa shape index (κ1) is 13.8. The van der Waals surface area contributed by atoms with Crippen molar-refractivity contribution < 1.29 is 19.4 Å². The van der Waals surface area contributed by atoms with Crippen LogP contribution < -0.4 is 4.74 Å². The number of aliphatic hydroxyl groups is 1. The van der Waals surface area contributed by atoms with E-state index in [-0.39, 0.29) is 19.0 Å². The van der Waals surface area contributed by atoms with Gasteiger partial charge in [0.15, 0.2) is 0 Å². The molecule has 1 aromatic rings. The summed E-state index contributed by atoms with van der Waals surface area (Å²) in [5.74, 6) is 0.154. The Labute approximate surface area is 105 Å². The van der Waals surface area contributed by atoms with Crippen molar-refractivity contribution in [2.75, 3.05) is 13.7 Å². The maximum absolute atomic E-state index is 10.9. The molecule has 0 saturated carbocycles. The van der Waals surface area contributed by atoms with Crippen molar-refractivity contribution in [3.63, 3.8) is 0 Å². The van der Waals surface area contributed by atoms with Gasteiger partial charge < -0.3 is 14.6 Å². The van der Waals surface area contributed by atoms with E-state index in [0.29, 0.717) is 10.8 Å². The summed E-state index contributed by atoms with van der Waals surface area (Å²) >= 11 is 5.97. The molecule has 0 spiro atoms. The van der Waals surface area contributed by atoms with Crippen LogP contribution >= 0.6 is 11.6 Å². The average Bonchev–Trinajstić information content (AvgIpc) is 2.30. The molecule has 1 rings (SSSR count). The van der Waals surface area contributed by atoms with Crippen molar-refractivity contribution in [1.82, 2.24) is 0 Å². The van der Waals surface area contributed by atoms with Crippen LogP contribution in [0.5, 0.6) is 5.75 Å². The molecule has 0 aromatic heterocycles. The van der Waals surface area contributed by atoms with Gasteiger partial charge in [0.25, 0.3) is 0 Å². The summed E-state index contributed by atoms with van der Waals surface area (Å²) in [6.07, 6.45) is -0.401. The highest BCUT2D eigenvalue weighted by Crippen LogP contribution is 2.27. The second-order valence-corrected chi connectivity index (χ2v) is 3.95. The van der Waals surface area contributed by atoms with Gasteiger partial charge in [-0.2, -0.15) is 0 Å². The fraction of sp³-hybridized carbons (Fsp3) is 0.417. The van der Waals surface area contributed by atoms with E-state index in [9.17, 15) is 9.90 Å². The number of rotatable bonds is 5. The van der Waals surface area contributed by atoms with E-state index in [1.54, 1.807) is 25.1 Å². The van der Waals surface area contributed by atoms with Crippen LogP contribution in [0.25, 0.3) is 0 Å². The van der Waals surface area contributed by atoms with Crippen LogP contribution in [0.1, 0.15) is 25.0 Å². The van der Waals surface area contributed by atoms with Crippen LogP contribution in [0.15, 0.2) is 18.2 Å². The molecule has 1 N–H and O–H groups in total. The molecule has 0 aliphatic rings. The Bertz CT molecular complexity index is 390. The molecule has 4 nitrogen and oxygen atoms in total. The first-order valence-corrected chi connectivity index (χ1v) is 5.59. The van der Waals surface area contributed by atoms with Gasteiger partial charge in [-0.15, -0.1) is 0 Å². The van der Waals surface area contributed by atoms with Gasteiger partial charge in [-0.25, -0.2) is 0 Å². The van der Waals surface area contributed by atoms with Crippen molar-refractivity contribution in [2.24, 2.45) is 0 Å². The molecule has 0 amide bonds. The molecule has 1 aromatic carbocycles. The van der Waals surface area contributed by atoms with E-state index in [1.807, 2.05) is 0 Å². The van der Waals surface area contributed by atoms with Crippen molar-refractivity contribution in [1.29, 1.82) is 0 Å². The van der Waals surface area contributed by atoms with Gasteiger partial charge in [0, 0.05) is 0 Å². The van der Waals surface area contributed by atoms with Gasteiger partial charge in [0.05, 0.1) is 31.3 Å². The maximum Gasteiger partial charge on any atom is 0.308 e. The highest BCUT2D eigenvalue weighted by Gasteiger charge is 2.07. The molecular weight excluding hydrogens is 244 g/mol. The highest BCUT2D eigenvalue weighted by molar-refractivity contribution is 6.32. The van der Waals surface area contributed by atoms with Crippen LogP contribution in [-0.4, -0.2) is 24.8 Å². The van der Waals surface area contributed by atoms with Crippen molar-refractivity contribution in [3.05, 3.63) is 28.8 Å². The van der Waals surface area contributed by atoms with Crippen LogP contribution in [0.3, 0.4) is 0 Å². The fourth-order valence-corrected chi connectivity index (χ4v) is 1.48. The minimum Gasteiger partial charge on any atom is -0.491 e. The molecule has 0 saturated heterocycles. The van der Waals surface area contributed by atoms with E-state index in [0.717, 1.165) is 5.56 Å². The summed E-state index contributed by atoms with van der Waals surface area (Å²) in [5.41, 5.74) is 0.718. The second kappa shape index (κ2) is 6.47. The molecule has 0 unspecified atom stereocenters. The Kier molecular flexibility index (Phi) is 5.25. The predicted octanol–water partition coefficient (Wildman–Crippen LogP) is 2.34. The van der Waals surface area contributed by atoms with Crippen molar-refractivity contribution in [2.45, 2.75) is 19.4 Å². The van der Waals surface area contributed by atoms with E-state index in [2.05, 4.69) is 4.74 Å². The normalized spacial score (nSPS) is 12.0. The fourth-order valence-electron chi connectivity index (χ4n) is 1.24. The molecule has 0 aliphatic heterocycles. The summed E-state index contributed by atoms with van der Waals surface area (Å²) in [6.45, 7) is 1.86. The van der Waals surface area contributed by atoms with Crippen molar-refractivity contribution >= 4 is 17.6 Å². The number of carbonyl (C=O) groups excluding carboxylic acids is 1. The predicted molar refractivity (Wildman–Crippen MR) is 64.2 cm³/mol. The number of halogens is 1. The number of benzene rings is 1. The lowest BCUT2D eigenvalue weighted by Gasteiger charge is -2.10. The quantitative estimate of drug-likeness (QED) is 0.824. The average molecular weight is 259 g/mol. The molecule has 0 aliphatic carbocycles. The van der Waals surface area contributed by atoms with Crippen LogP contribution in [-0.2, 0) is 9.53 Å². The lowest BCUT2D eigenvalue weighted by Crippen LogP contribution is -2.07. The second-order valence-electron chi connectivity index (χ2n) is 3.54. The minimum absolute atomic E-state index is 0.172. The van der Waals surface area contributed by atoms with Gasteiger partial charge in [0.2, 0.25) is 0 Å². The van der Waals surface area contributed by atoms with Gasteiger partial charge in [-0.05, 0) is 24.6 Å². The number of aliphatic hydroxyl groups excluding tert-OH is 1. The number of hydrogen-bond donors (Lipinski definition) is 1. The molecule has 0 radical (unpaired) electrons. The number of carbonyl (C=O) groups is 1. The van der Waals surface area contributed by atoms with E-state index < -0.39 is 6.10 Å². The summed E-state index contributed by atoms with van der Waals surface area (Å²) < 4.78 is 9.81. The lowest BCUT2D eigenvalue weighted by atomic mass is 10.1. The molecule has 17 heavy (non-hydrogen) atoms.